The third-order valence-corrected chi connectivity index (χ3v) is 5.41. The zero-order valence-corrected chi connectivity index (χ0v) is 22.1. The molecule has 14 heteroatoms. The van der Waals surface area contributed by atoms with Crippen molar-refractivity contribution in [2.24, 2.45) is 11.7 Å². The SMILES string of the molecule is BC(=O)CNC(=O)[C@H](CCCNC(N)=O)NC(=O)C(NC(=O)c1ccc(NC(=O)CBr)cc1)C(C)C. The van der Waals surface area contributed by atoms with Crippen LogP contribution in [-0.4, -0.2) is 73.7 Å². The standard InChI is InChI=1S/C22H32BBrN6O6/c1-12(2)18(30-19(33)13-5-7-14(8-6-13)28-17(32)10-24)21(35)29-15(4-3-9-26-22(25)36)20(34)27-11-16(23)31/h5-8,12,15,18H,3-4,9-11,23H2,1-2H3,(H,27,34)(H,28,32)(H,29,35)(H,30,33)(H3,25,26,36)/t15-,18?/m0/s1. The molecule has 1 aromatic rings. The summed E-state index contributed by atoms with van der Waals surface area (Å²) in [7, 11) is 1.32. The predicted molar refractivity (Wildman–Crippen MR) is 140 cm³/mol. The molecule has 0 spiro atoms. The van der Waals surface area contributed by atoms with Crippen LogP contribution >= 0.6 is 15.9 Å². The molecule has 1 aromatic carbocycles. The number of nitrogens with two attached hydrogens (primary N) is 1. The van der Waals surface area contributed by atoms with Crippen molar-refractivity contribution in [2.75, 3.05) is 23.7 Å². The van der Waals surface area contributed by atoms with E-state index in [1.165, 1.54) is 20.0 Å². The summed E-state index contributed by atoms with van der Waals surface area (Å²) in [5.74, 6) is -2.21. The lowest BCUT2D eigenvalue weighted by molar-refractivity contribution is -0.131. The third-order valence-electron chi connectivity index (χ3n) is 4.90. The van der Waals surface area contributed by atoms with Crippen molar-refractivity contribution in [2.45, 2.75) is 38.8 Å². The maximum Gasteiger partial charge on any atom is 0.312 e. The van der Waals surface area contributed by atoms with Gasteiger partial charge in [-0.2, -0.15) is 0 Å². The number of alkyl halides is 1. The number of amides is 6. The largest absolute Gasteiger partial charge is 0.352 e. The van der Waals surface area contributed by atoms with Gasteiger partial charge in [0.15, 0.2) is 7.85 Å². The summed E-state index contributed by atoms with van der Waals surface area (Å²) < 4.78 is 0. The summed E-state index contributed by atoms with van der Waals surface area (Å²) in [6.07, 6.45) is 0.494. The Balaban J connectivity index is 2.89. The Morgan fingerprint density at radius 1 is 0.972 bits per heavy atom. The Morgan fingerprint density at radius 2 is 1.61 bits per heavy atom. The molecule has 12 nitrogen and oxygen atoms in total. The van der Waals surface area contributed by atoms with Crippen molar-refractivity contribution in [1.29, 1.82) is 0 Å². The number of carbonyl (C=O) groups is 6. The van der Waals surface area contributed by atoms with Gasteiger partial charge in [-0.05, 0) is 43.0 Å². The molecule has 6 amide bonds. The normalized spacial score (nSPS) is 12.1. The average Bonchev–Trinajstić information content (AvgIpc) is 2.82. The molecule has 0 radical (unpaired) electrons. The number of hydrogen-bond acceptors (Lipinski definition) is 6. The number of nitrogens with one attached hydrogen (secondary N) is 5. The van der Waals surface area contributed by atoms with E-state index in [9.17, 15) is 28.8 Å². The van der Waals surface area contributed by atoms with E-state index < -0.39 is 35.8 Å². The van der Waals surface area contributed by atoms with Gasteiger partial charge in [0.1, 0.15) is 17.8 Å². The number of halogens is 1. The van der Waals surface area contributed by atoms with Crippen molar-refractivity contribution >= 4 is 64.8 Å². The van der Waals surface area contributed by atoms with E-state index in [2.05, 4.69) is 42.5 Å². The number of carbonyl (C=O) groups excluding carboxylic acids is 6. The fourth-order valence-electron chi connectivity index (χ4n) is 3.04. The van der Waals surface area contributed by atoms with Crippen LogP contribution in [-0.2, 0) is 19.2 Å². The summed E-state index contributed by atoms with van der Waals surface area (Å²) >= 11 is 3.05. The van der Waals surface area contributed by atoms with Crippen molar-refractivity contribution in [3.63, 3.8) is 0 Å². The molecule has 1 unspecified atom stereocenters. The Bertz CT molecular complexity index is 959. The van der Waals surface area contributed by atoms with E-state index in [0.29, 0.717) is 12.1 Å². The number of rotatable bonds is 14. The van der Waals surface area contributed by atoms with Crippen LogP contribution in [0.4, 0.5) is 10.5 Å². The van der Waals surface area contributed by atoms with Crippen LogP contribution in [0.5, 0.6) is 0 Å². The van der Waals surface area contributed by atoms with Crippen molar-refractivity contribution in [3.8, 4) is 0 Å². The van der Waals surface area contributed by atoms with Gasteiger partial charge < -0.3 is 37.1 Å². The van der Waals surface area contributed by atoms with Crippen LogP contribution in [0.2, 0.25) is 0 Å². The zero-order valence-electron chi connectivity index (χ0n) is 20.5. The van der Waals surface area contributed by atoms with Crippen LogP contribution in [0.15, 0.2) is 24.3 Å². The second-order valence-corrected chi connectivity index (χ2v) is 8.93. The van der Waals surface area contributed by atoms with Crippen LogP contribution in [0.3, 0.4) is 0 Å². The highest BCUT2D eigenvalue weighted by atomic mass is 79.9. The number of urea groups is 1. The van der Waals surface area contributed by atoms with Crippen LogP contribution in [0.25, 0.3) is 0 Å². The Kier molecular flexibility index (Phi) is 13.2. The Labute approximate surface area is 218 Å². The molecule has 36 heavy (non-hydrogen) atoms. The maximum absolute atomic E-state index is 13.0. The van der Waals surface area contributed by atoms with Crippen molar-refractivity contribution in [1.82, 2.24) is 21.3 Å². The van der Waals surface area contributed by atoms with Gasteiger partial charge in [0.25, 0.3) is 5.91 Å². The number of primary amides is 1. The highest BCUT2D eigenvalue weighted by Gasteiger charge is 2.29. The second kappa shape index (κ2) is 15.6. The van der Waals surface area contributed by atoms with Gasteiger partial charge in [0, 0.05) is 17.8 Å². The first-order chi connectivity index (χ1) is 16.9. The molecule has 0 fully saturated rings. The van der Waals surface area contributed by atoms with E-state index >= 15 is 0 Å². The molecule has 0 saturated heterocycles. The van der Waals surface area contributed by atoms with Gasteiger partial charge in [-0.3, -0.25) is 19.2 Å². The minimum atomic E-state index is -0.998. The number of benzene rings is 1. The van der Waals surface area contributed by atoms with E-state index in [0.717, 1.165) is 0 Å². The summed E-state index contributed by atoms with van der Waals surface area (Å²) in [5.41, 5.74) is 5.57. The number of hydrogen-bond donors (Lipinski definition) is 6. The van der Waals surface area contributed by atoms with Crippen LogP contribution in [0.1, 0.15) is 37.0 Å². The molecule has 1 rings (SSSR count). The molecule has 7 N–H and O–H groups in total. The van der Waals surface area contributed by atoms with E-state index in [-0.39, 0.29) is 47.9 Å². The topological polar surface area (TPSA) is 189 Å². The highest BCUT2D eigenvalue weighted by molar-refractivity contribution is 9.09. The lowest BCUT2D eigenvalue weighted by atomic mass is 10.0. The summed E-state index contributed by atoms with van der Waals surface area (Å²) in [4.78, 5) is 71.9. The van der Waals surface area contributed by atoms with Crippen molar-refractivity contribution in [3.05, 3.63) is 29.8 Å². The van der Waals surface area contributed by atoms with Gasteiger partial charge in [-0.25, -0.2) is 4.79 Å². The van der Waals surface area contributed by atoms with Gasteiger partial charge in [0.2, 0.25) is 17.7 Å². The minimum absolute atomic E-state index is 0.135. The van der Waals surface area contributed by atoms with E-state index in [1.54, 1.807) is 26.0 Å². The average molecular weight is 567 g/mol. The van der Waals surface area contributed by atoms with Crippen LogP contribution in [0, 0.1) is 5.92 Å². The van der Waals surface area contributed by atoms with E-state index in [4.69, 9.17) is 5.73 Å². The number of anilines is 1. The van der Waals surface area contributed by atoms with Gasteiger partial charge in [-0.15, -0.1) is 0 Å². The lowest BCUT2D eigenvalue weighted by Crippen LogP contribution is -2.55. The molecule has 0 aliphatic carbocycles. The molecule has 0 aromatic heterocycles. The summed E-state index contributed by atoms with van der Waals surface area (Å²) in [5, 5.41) is 12.9. The molecule has 0 saturated carbocycles. The Hall–Kier alpha value is -3.42. The molecule has 0 heterocycles. The van der Waals surface area contributed by atoms with Crippen molar-refractivity contribution < 1.29 is 28.8 Å². The summed E-state index contributed by atoms with van der Waals surface area (Å²) in [6, 6.07) is 3.48. The molecule has 0 aliphatic heterocycles. The third kappa shape index (κ3) is 11.3. The zero-order chi connectivity index (χ0) is 27.3. The summed E-state index contributed by atoms with van der Waals surface area (Å²) in [6.45, 7) is 3.48. The maximum atomic E-state index is 13.0. The molecule has 196 valence electrons. The minimum Gasteiger partial charge on any atom is -0.352 e. The van der Waals surface area contributed by atoms with Crippen LogP contribution < -0.4 is 32.3 Å². The quantitative estimate of drug-likeness (QED) is 0.0949. The van der Waals surface area contributed by atoms with E-state index in [1.807, 2.05) is 0 Å². The second-order valence-electron chi connectivity index (χ2n) is 8.37. The molecule has 0 bridgehead atoms. The lowest BCUT2D eigenvalue weighted by Gasteiger charge is -2.25. The highest BCUT2D eigenvalue weighted by Crippen LogP contribution is 2.12. The molecular weight excluding hydrogens is 535 g/mol. The molecular formula is C22H32BBrN6O6. The van der Waals surface area contributed by atoms with Gasteiger partial charge in [0.05, 0.1) is 11.9 Å². The molecule has 0 aliphatic rings. The fraction of sp³-hybridized carbons (Fsp3) is 0.455. The first kappa shape index (κ1) is 30.6. The monoisotopic (exact) mass is 566 g/mol. The first-order valence-corrected chi connectivity index (χ1v) is 12.4. The first-order valence-electron chi connectivity index (χ1n) is 11.3. The van der Waals surface area contributed by atoms with Gasteiger partial charge >= 0.3 is 6.03 Å². The fourth-order valence-corrected chi connectivity index (χ4v) is 3.18. The van der Waals surface area contributed by atoms with Gasteiger partial charge in [-0.1, -0.05) is 29.8 Å². The Morgan fingerprint density at radius 3 is 2.14 bits per heavy atom. The predicted octanol–water partition coefficient (Wildman–Crippen LogP) is -1.02. The smallest absolute Gasteiger partial charge is 0.312 e. The molecule has 2 atom stereocenters.